The summed E-state index contributed by atoms with van der Waals surface area (Å²) in [4.78, 5) is 20.6. The van der Waals surface area contributed by atoms with E-state index < -0.39 is 5.54 Å². The van der Waals surface area contributed by atoms with Crippen molar-refractivity contribution in [2.45, 2.75) is 18.5 Å². The van der Waals surface area contributed by atoms with Crippen molar-refractivity contribution in [2.75, 3.05) is 39.4 Å². The second-order valence-corrected chi connectivity index (χ2v) is 6.89. The highest BCUT2D eigenvalue weighted by molar-refractivity contribution is 6.34. The number of nitrogens with zero attached hydrogens (tertiary/aromatic N) is 3. The Balaban J connectivity index is 1.61. The smallest absolute Gasteiger partial charge is 0.240 e. The Bertz CT molecular complexity index is 585. The maximum absolute atomic E-state index is 11.9. The molecule has 1 amide bonds. The van der Waals surface area contributed by atoms with E-state index >= 15 is 0 Å². The molecule has 2 aliphatic heterocycles. The average molecular weight is 359 g/mol. The molecule has 0 spiro atoms. The van der Waals surface area contributed by atoms with Crippen LogP contribution in [-0.2, 0) is 16.1 Å². The molecule has 0 saturated carbocycles. The fraction of sp³-hybridized carbons (Fsp3) is 0.600. The lowest BCUT2D eigenvalue weighted by Crippen LogP contribution is -2.63. The summed E-state index contributed by atoms with van der Waals surface area (Å²) in [5.74, 6) is -0.286. The highest BCUT2D eigenvalue weighted by atomic mass is 35.5. The van der Waals surface area contributed by atoms with Gasteiger partial charge in [-0.25, -0.2) is 0 Å². The fourth-order valence-electron chi connectivity index (χ4n) is 3.26. The van der Waals surface area contributed by atoms with E-state index in [1.807, 2.05) is 0 Å². The van der Waals surface area contributed by atoms with Gasteiger partial charge < -0.3 is 10.5 Å². The van der Waals surface area contributed by atoms with E-state index in [0.717, 1.165) is 31.9 Å². The third-order valence-electron chi connectivity index (χ3n) is 4.69. The molecule has 23 heavy (non-hydrogen) atoms. The summed E-state index contributed by atoms with van der Waals surface area (Å²) in [7, 11) is 0. The molecule has 2 saturated heterocycles. The van der Waals surface area contributed by atoms with Gasteiger partial charge >= 0.3 is 0 Å². The summed E-state index contributed by atoms with van der Waals surface area (Å²) in [5.41, 5.74) is 5.82. The van der Waals surface area contributed by atoms with Crippen LogP contribution in [0.1, 0.15) is 12.1 Å². The minimum Gasteiger partial charge on any atom is -0.379 e. The van der Waals surface area contributed by atoms with Gasteiger partial charge in [-0.2, -0.15) is 0 Å². The van der Waals surface area contributed by atoms with E-state index in [2.05, 4.69) is 14.8 Å². The first kappa shape index (κ1) is 16.9. The second-order valence-electron chi connectivity index (χ2n) is 6.04. The molecule has 1 aromatic heterocycles. The van der Waals surface area contributed by atoms with Crippen LogP contribution in [0, 0.1) is 0 Å². The molecular weight excluding hydrogens is 339 g/mol. The predicted molar refractivity (Wildman–Crippen MR) is 88.5 cm³/mol. The van der Waals surface area contributed by atoms with Crippen LogP contribution in [0.5, 0.6) is 0 Å². The first-order valence-corrected chi connectivity index (χ1v) is 8.42. The number of hydrogen-bond donors (Lipinski definition) is 1. The van der Waals surface area contributed by atoms with Gasteiger partial charge in [-0.3, -0.25) is 19.6 Å². The molecule has 2 N–H and O–H groups in total. The van der Waals surface area contributed by atoms with E-state index in [1.165, 1.54) is 0 Å². The third kappa shape index (κ3) is 3.46. The molecule has 1 atom stereocenters. The van der Waals surface area contributed by atoms with E-state index in [9.17, 15) is 4.79 Å². The first-order valence-electron chi connectivity index (χ1n) is 7.66. The highest BCUT2D eigenvalue weighted by Gasteiger charge is 2.46. The topological polar surface area (TPSA) is 71.7 Å². The normalized spacial score (nSPS) is 26.5. The third-order valence-corrected chi connectivity index (χ3v) is 5.23. The Labute approximate surface area is 145 Å². The number of ether oxygens (including phenoxy) is 1. The van der Waals surface area contributed by atoms with Gasteiger partial charge in [0.15, 0.2) is 0 Å². The Kier molecular flexibility index (Phi) is 5.08. The number of halogens is 2. The Hall–Kier alpha value is -0.920. The van der Waals surface area contributed by atoms with E-state index in [0.29, 0.717) is 36.2 Å². The highest BCUT2D eigenvalue weighted by Crippen LogP contribution is 2.28. The summed E-state index contributed by atoms with van der Waals surface area (Å²) in [6.45, 7) is 4.87. The summed E-state index contributed by atoms with van der Waals surface area (Å²) in [6.07, 6.45) is 2.28. The van der Waals surface area contributed by atoms with Crippen LogP contribution in [0.4, 0.5) is 0 Å². The predicted octanol–water partition coefficient (Wildman–Crippen LogP) is 1.15. The number of carbonyl (C=O) groups is 1. The first-order chi connectivity index (χ1) is 11.0. The summed E-state index contributed by atoms with van der Waals surface area (Å²) >= 11 is 12.1. The number of hydrogen-bond acceptors (Lipinski definition) is 5. The van der Waals surface area contributed by atoms with Gasteiger partial charge in [0, 0.05) is 51.9 Å². The van der Waals surface area contributed by atoms with Gasteiger partial charge in [-0.05, 0) is 6.07 Å². The van der Waals surface area contributed by atoms with Crippen LogP contribution < -0.4 is 5.73 Å². The number of nitrogens with two attached hydrogens (primary N) is 1. The number of primary amides is 1. The zero-order valence-electron chi connectivity index (χ0n) is 12.8. The summed E-state index contributed by atoms with van der Waals surface area (Å²) in [6, 6.07) is 1.71. The van der Waals surface area contributed by atoms with Gasteiger partial charge in [0.1, 0.15) is 5.54 Å². The van der Waals surface area contributed by atoms with Crippen LogP contribution >= 0.6 is 23.2 Å². The summed E-state index contributed by atoms with van der Waals surface area (Å²) in [5, 5.41) is 1.12. The van der Waals surface area contributed by atoms with Gasteiger partial charge in [-0.15, -0.1) is 0 Å². The van der Waals surface area contributed by atoms with Crippen LogP contribution in [-0.4, -0.2) is 65.6 Å². The van der Waals surface area contributed by atoms with Crippen LogP contribution in [0.2, 0.25) is 10.0 Å². The number of pyridine rings is 1. The second kappa shape index (κ2) is 6.91. The molecule has 0 radical (unpaired) electrons. The van der Waals surface area contributed by atoms with Crippen molar-refractivity contribution in [1.29, 1.82) is 0 Å². The zero-order valence-corrected chi connectivity index (χ0v) is 14.3. The monoisotopic (exact) mass is 358 g/mol. The fourth-order valence-corrected chi connectivity index (χ4v) is 3.70. The molecule has 0 aromatic carbocycles. The van der Waals surface area contributed by atoms with Crippen molar-refractivity contribution in [3.05, 3.63) is 28.0 Å². The minimum atomic E-state index is -0.637. The number of rotatable bonds is 4. The SMILES string of the molecule is NC(=O)C1(N2CCN(Cc3ncc(Cl)cc3Cl)CC2)CCOC1. The number of piperazine rings is 1. The van der Waals surface area contributed by atoms with E-state index in [1.54, 1.807) is 12.3 Å². The Morgan fingerprint density at radius 1 is 1.35 bits per heavy atom. The van der Waals surface area contributed by atoms with E-state index in [4.69, 9.17) is 33.7 Å². The summed E-state index contributed by atoms with van der Waals surface area (Å²) < 4.78 is 5.43. The average Bonchev–Trinajstić information content (AvgIpc) is 3.02. The molecule has 2 aliphatic rings. The minimum absolute atomic E-state index is 0.286. The van der Waals surface area contributed by atoms with Gasteiger partial charge in [0.2, 0.25) is 5.91 Å². The number of carbonyl (C=O) groups excluding carboxylic acids is 1. The lowest BCUT2D eigenvalue weighted by Gasteiger charge is -2.43. The molecule has 0 bridgehead atoms. The standard InChI is InChI=1S/C15H20Cl2N4O2/c16-11-7-12(17)13(19-8-11)9-20-2-4-21(5-3-20)15(14(18)22)1-6-23-10-15/h7-8H,1-6,9-10H2,(H2,18,22). The molecule has 1 unspecified atom stereocenters. The number of aromatic nitrogens is 1. The Morgan fingerprint density at radius 2 is 2.09 bits per heavy atom. The molecule has 6 nitrogen and oxygen atoms in total. The van der Waals surface area contributed by atoms with Crippen molar-refractivity contribution < 1.29 is 9.53 Å². The molecule has 126 valence electrons. The van der Waals surface area contributed by atoms with Crippen LogP contribution in [0.25, 0.3) is 0 Å². The van der Waals surface area contributed by atoms with Crippen molar-refractivity contribution in [2.24, 2.45) is 5.73 Å². The van der Waals surface area contributed by atoms with E-state index in [-0.39, 0.29) is 5.91 Å². The van der Waals surface area contributed by atoms with Gasteiger partial charge in [0.25, 0.3) is 0 Å². The Morgan fingerprint density at radius 3 is 2.65 bits per heavy atom. The molecule has 1 aromatic rings. The molecule has 8 heteroatoms. The van der Waals surface area contributed by atoms with Crippen molar-refractivity contribution in [3.8, 4) is 0 Å². The maximum Gasteiger partial charge on any atom is 0.240 e. The van der Waals surface area contributed by atoms with Crippen LogP contribution in [0.3, 0.4) is 0 Å². The largest absolute Gasteiger partial charge is 0.379 e. The van der Waals surface area contributed by atoms with Gasteiger partial charge in [-0.1, -0.05) is 23.2 Å². The zero-order chi connectivity index (χ0) is 16.4. The molecule has 3 rings (SSSR count). The van der Waals surface area contributed by atoms with Crippen molar-refractivity contribution in [3.63, 3.8) is 0 Å². The molecular formula is C15H20Cl2N4O2. The molecule has 2 fully saturated rings. The van der Waals surface area contributed by atoms with Crippen LogP contribution in [0.15, 0.2) is 12.3 Å². The lowest BCUT2D eigenvalue weighted by atomic mass is 9.94. The molecule has 0 aliphatic carbocycles. The lowest BCUT2D eigenvalue weighted by molar-refractivity contribution is -0.132. The quantitative estimate of drug-likeness (QED) is 0.873. The van der Waals surface area contributed by atoms with Crippen molar-refractivity contribution in [1.82, 2.24) is 14.8 Å². The maximum atomic E-state index is 11.9. The van der Waals surface area contributed by atoms with Gasteiger partial charge in [0.05, 0.1) is 22.3 Å². The molecule has 3 heterocycles. The number of amides is 1. The van der Waals surface area contributed by atoms with Crippen molar-refractivity contribution >= 4 is 29.1 Å².